The lowest BCUT2D eigenvalue weighted by Crippen LogP contribution is -2.33. The number of ether oxygens (including phenoxy) is 1. The third-order valence-electron chi connectivity index (χ3n) is 3.22. The van der Waals surface area contributed by atoms with Crippen LogP contribution in [0, 0.1) is 0 Å². The van der Waals surface area contributed by atoms with Gasteiger partial charge in [-0.15, -0.1) is 0 Å². The number of benzene rings is 2. The van der Waals surface area contributed by atoms with Gasteiger partial charge in [0, 0.05) is 0 Å². The lowest BCUT2D eigenvalue weighted by atomic mass is 10.1. The van der Waals surface area contributed by atoms with Crippen molar-refractivity contribution >= 4 is 15.8 Å². The lowest BCUT2D eigenvalue weighted by Gasteiger charge is -2.11. The fourth-order valence-corrected chi connectivity index (χ4v) is 3.42. The first kappa shape index (κ1) is 16.2. The van der Waals surface area contributed by atoms with E-state index in [0.29, 0.717) is 5.56 Å². The highest BCUT2D eigenvalue weighted by atomic mass is 32.2. The normalized spacial score (nSPS) is 12.6. The first-order valence-corrected chi connectivity index (χ1v) is 8.16. The maximum absolute atomic E-state index is 12.5. The maximum atomic E-state index is 12.5. The van der Waals surface area contributed by atoms with E-state index in [1.165, 1.54) is 19.2 Å². The Bertz CT molecular complexity index is 757. The number of carbonyl (C=O) groups is 1. The second kappa shape index (κ2) is 6.72. The van der Waals surface area contributed by atoms with Crippen LogP contribution < -0.4 is 5.73 Å². The van der Waals surface area contributed by atoms with Crippen LogP contribution >= 0.6 is 0 Å². The maximum Gasteiger partial charge on any atom is 0.322 e. The average molecular weight is 319 g/mol. The molecular formula is C16H17NO4S. The van der Waals surface area contributed by atoms with Gasteiger partial charge in [0.25, 0.3) is 0 Å². The summed E-state index contributed by atoms with van der Waals surface area (Å²) in [5, 5.41) is 0. The predicted molar refractivity (Wildman–Crippen MR) is 82.0 cm³/mol. The lowest BCUT2D eigenvalue weighted by molar-refractivity contribution is -0.142. The molecule has 0 radical (unpaired) electrons. The zero-order chi connectivity index (χ0) is 16.2. The van der Waals surface area contributed by atoms with Gasteiger partial charge >= 0.3 is 5.97 Å². The number of nitrogens with two attached hydrogens (primary N) is 1. The van der Waals surface area contributed by atoms with Crippen molar-refractivity contribution < 1.29 is 17.9 Å². The molecule has 0 aliphatic heterocycles. The van der Waals surface area contributed by atoms with Crippen molar-refractivity contribution in [2.75, 3.05) is 7.11 Å². The van der Waals surface area contributed by atoms with E-state index < -0.39 is 21.8 Å². The van der Waals surface area contributed by atoms with Crippen molar-refractivity contribution in [1.82, 2.24) is 0 Å². The van der Waals surface area contributed by atoms with Crippen LogP contribution in [-0.4, -0.2) is 27.5 Å². The summed E-state index contributed by atoms with van der Waals surface area (Å²) in [5.74, 6) is -0.531. The molecule has 2 rings (SSSR count). The number of hydrogen-bond acceptors (Lipinski definition) is 5. The van der Waals surface area contributed by atoms with Gasteiger partial charge in [-0.1, -0.05) is 30.3 Å². The Morgan fingerprint density at radius 3 is 2.36 bits per heavy atom. The van der Waals surface area contributed by atoms with Gasteiger partial charge in [0.2, 0.25) is 9.84 Å². The molecule has 2 aromatic rings. The Hall–Kier alpha value is -2.18. The molecule has 0 saturated carbocycles. The molecule has 0 aliphatic rings. The molecule has 2 N–H and O–H groups in total. The molecule has 0 heterocycles. The molecule has 5 nitrogen and oxygen atoms in total. The highest BCUT2D eigenvalue weighted by molar-refractivity contribution is 7.91. The molecule has 0 fully saturated rings. The summed E-state index contributed by atoms with van der Waals surface area (Å²) in [6.45, 7) is 0. The summed E-state index contributed by atoms with van der Waals surface area (Å²) in [5.41, 5.74) is 6.37. The molecule has 116 valence electrons. The van der Waals surface area contributed by atoms with E-state index in [9.17, 15) is 13.2 Å². The van der Waals surface area contributed by atoms with Gasteiger partial charge in [-0.25, -0.2) is 8.42 Å². The highest BCUT2D eigenvalue weighted by Gasteiger charge is 2.19. The van der Waals surface area contributed by atoms with E-state index in [2.05, 4.69) is 4.74 Å². The van der Waals surface area contributed by atoms with E-state index in [0.717, 1.165) is 0 Å². The molecular weight excluding hydrogens is 302 g/mol. The summed E-state index contributed by atoms with van der Waals surface area (Å²) in [7, 11) is -2.32. The number of sulfone groups is 1. The van der Waals surface area contributed by atoms with Crippen molar-refractivity contribution in [2.24, 2.45) is 5.73 Å². The van der Waals surface area contributed by atoms with Crippen molar-refractivity contribution in [3.05, 3.63) is 60.2 Å². The Kier molecular flexibility index (Phi) is 4.95. The predicted octanol–water partition coefficient (Wildman–Crippen LogP) is 1.56. The zero-order valence-electron chi connectivity index (χ0n) is 12.1. The summed E-state index contributed by atoms with van der Waals surface area (Å²) < 4.78 is 29.6. The number of rotatable bonds is 5. The molecule has 6 heteroatoms. The van der Waals surface area contributed by atoms with Crippen molar-refractivity contribution in [3.63, 3.8) is 0 Å². The van der Waals surface area contributed by atoms with Gasteiger partial charge < -0.3 is 10.5 Å². The zero-order valence-corrected chi connectivity index (χ0v) is 12.9. The van der Waals surface area contributed by atoms with Crippen LogP contribution in [0.5, 0.6) is 0 Å². The fourth-order valence-electron chi connectivity index (χ4n) is 2.06. The van der Waals surface area contributed by atoms with Gasteiger partial charge in [-0.05, 0) is 36.2 Å². The van der Waals surface area contributed by atoms with Crippen LogP contribution in [0.25, 0.3) is 0 Å². The Balaban J connectivity index is 2.31. The van der Waals surface area contributed by atoms with E-state index in [-0.39, 0.29) is 16.2 Å². The van der Waals surface area contributed by atoms with Gasteiger partial charge in [0.05, 0.1) is 16.9 Å². The monoisotopic (exact) mass is 319 g/mol. The summed E-state index contributed by atoms with van der Waals surface area (Å²) in [6.07, 6.45) is 0.213. The van der Waals surface area contributed by atoms with E-state index in [1.54, 1.807) is 42.5 Å². The summed E-state index contributed by atoms with van der Waals surface area (Å²) >= 11 is 0. The van der Waals surface area contributed by atoms with Crippen LogP contribution in [0.1, 0.15) is 5.56 Å². The average Bonchev–Trinajstić information content (AvgIpc) is 2.55. The van der Waals surface area contributed by atoms with Crippen LogP contribution in [-0.2, 0) is 25.8 Å². The molecule has 0 aliphatic carbocycles. The van der Waals surface area contributed by atoms with Crippen molar-refractivity contribution in [3.8, 4) is 0 Å². The van der Waals surface area contributed by atoms with Crippen molar-refractivity contribution in [2.45, 2.75) is 22.3 Å². The standard InChI is InChI=1S/C16H17NO4S/c1-21-16(18)15(17)11-12-6-5-9-14(10-12)22(19,20)13-7-3-2-4-8-13/h2-10,15H,11,17H2,1H3/t15-/m0/s1. The quantitative estimate of drug-likeness (QED) is 0.845. The highest BCUT2D eigenvalue weighted by Crippen LogP contribution is 2.21. The molecule has 1 atom stereocenters. The SMILES string of the molecule is COC(=O)[C@@H](N)Cc1cccc(S(=O)(=O)c2ccccc2)c1. The smallest absolute Gasteiger partial charge is 0.322 e. The molecule has 0 amide bonds. The molecule has 0 unspecified atom stereocenters. The molecule has 0 bridgehead atoms. The van der Waals surface area contributed by atoms with Gasteiger partial charge in [-0.3, -0.25) is 4.79 Å². The molecule has 0 spiro atoms. The minimum atomic E-state index is -3.58. The largest absolute Gasteiger partial charge is 0.468 e. The minimum absolute atomic E-state index is 0.174. The van der Waals surface area contributed by atoms with Crippen LogP contribution in [0.15, 0.2) is 64.4 Å². The number of carbonyl (C=O) groups excluding carboxylic acids is 1. The van der Waals surface area contributed by atoms with E-state index >= 15 is 0 Å². The Morgan fingerprint density at radius 1 is 1.09 bits per heavy atom. The number of methoxy groups -OCH3 is 1. The van der Waals surface area contributed by atoms with Gasteiger partial charge in [0.1, 0.15) is 6.04 Å². The number of hydrogen-bond donors (Lipinski definition) is 1. The topological polar surface area (TPSA) is 86.5 Å². The summed E-state index contributed by atoms with van der Waals surface area (Å²) in [4.78, 5) is 11.8. The molecule has 0 aromatic heterocycles. The van der Waals surface area contributed by atoms with Crippen LogP contribution in [0.3, 0.4) is 0 Å². The van der Waals surface area contributed by atoms with Crippen molar-refractivity contribution in [1.29, 1.82) is 0 Å². The second-order valence-corrected chi connectivity index (χ2v) is 6.75. The third-order valence-corrected chi connectivity index (χ3v) is 4.99. The third kappa shape index (κ3) is 3.52. The minimum Gasteiger partial charge on any atom is -0.468 e. The molecule has 2 aromatic carbocycles. The summed E-state index contributed by atoms with van der Waals surface area (Å²) in [6, 6.07) is 13.8. The van der Waals surface area contributed by atoms with E-state index in [4.69, 9.17) is 5.73 Å². The van der Waals surface area contributed by atoms with Crippen LogP contribution in [0.4, 0.5) is 0 Å². The first-order valence-electron chi connectivity index (χ1n) is 6.67. The fraction of sp³-hybridized carbons (Fsp3) is 0.188. The first-order chi connectivity index (χ1) is 10.4. The number of esters is 1. The van der Waals surface area contributed by atoms with Gasteiger partial charge in [0.15, 0.2) is 0 Å². The Labute approximate surface area is 129 Å². The second-order valence-electron chi connectivity index (χ2n) is 4.80. The molecule has 0 saturated heterocycles. The van der Waals surface area contributed by atoms with E-state index in [1.807, 2.05) is 0 Å². The van der Waals surface area contributed by atoms with Crippen LogP contribution in [0.2, 0.25) is 0 Å². The molecule has 22 heavy (non-hydrogen) atoms. The van der Waals surface area contributed by atoms with Gasteiger partial charge in [-0.2, -0.15) is 0 Å². The Morgan fingerprint density at radius 2 is 1.73 bits per heavy atom.